The summed E-state index contributed by atoms with van der Waals surface area (Å²) < 4.78 is 0. The van der Waals surface area contributed by atoms with Gasteiger partial charge in [0.05, 0.1) is 17.4 Å². The van der Waals surface area contributed by atoms with E-state index >= 15 is 0 Å². The molecule has 1 aromatic carbocycles. The Morgan fingerprint density at radius 3 is 2.53 bits per heavy atom. The van der Waals surface area contributed by atoms with E-state index in [-0.39, 0.29) is 23.9 Å². The van der Waals surface area contributed by atoms with Crippen molar-refractivity contribution in [1.29, 1.82) is 0 Å². The van der Waals surface area contributed by atoms with Crippen molar-refractivity contribution in [2.24, 2.45) is 0 Å². The summed E-state index contributed by atoms with van der Waals surface area (Å²) in [5.41, 5.74) is 0.986. The van der Waals surface area contributed by atoms with Gasteiger partial charge < -0.3 is 5.32 Å². The van der Waals surface area contributed by atoms with Gasteiger partial charge in [-0.3, -0.25) is 25.0 Å². The molecular formula is C12H13N3O4. The lowest BCUT2D eigenvalue weighted by Crippen LogP contribution is -2.37. The average molecular weight is 263 g/mol. The van der Waals surface area contributed by atoms with E-state index in [0.29, 0.717) is 13.0 Å². The lowest BCUT2D eigenvalue weighted by molar-refractivity contribution is -0.384. The second-order valence-corrected chi connectivity index (χ2v) is 4.30. The van der Waals surface area contributed by atoms with Gasteiger partial charge in [0.1, 0.15) is 0 Å². The summed E-state index contributed by atoms with van der Waals surface area (Å²) >= 11 is 0. The van der Waals surface area contributed by atoms with Gasteiger partial charge in [0.15, 0.2) is 0 Å². The van der Waals surface area contributed by atoms with Crippen LogP contribution in [0.5, 0.6) is 0 Å². The van der Waals surface area contributed by atoms with Gasteiger partial charge in [0.25, 0.3) is 5.69 Å². The number of amides is 2. The molecule has 0 bridgehead atoms. The lowest BCUT2D eigenvalue weighted by Gasteiger charge is -2.08. The number of nitrogens with one attached hydrogen (secondary N) is 2. The van der Waals surface area contributed by atoms with Crippen molar-refractivity contribution >= 4 is 17.5 Å². The molecule has 1 aliphatic heterocycles. The highest BCUT2D eigenvalue weighted by Crippen LogP contribution is 2.12. The highest BCUT2D eigenvalue weighted by atomic mass is 16.6. The molecule has 2 rings (SSSR count). The molecule has 1 atom stereocenters. The molecule has 2 amide bonds. The smallest absolute Gasteiger partial charge is 0.269 e. The topological polar surface area (TPSA) is 101 Å². The minimum Gasteiger partial charge on any atom is -0.305 e. The standard InChI is InChI=1S/C12H13N3O4/c16-11-7-10(12(17)14-11)13-6-5-8-1-3-9(4-2-8)15(18)19/h1-4,10,13H,5-7H2,(H,14,16,17). The first-order valence-corrected chi connectivity index (χ1v) is 5.86. The van der Waals surface area contributed by atoms with E-state index in [1.54, 1.807) is 12.1 Å². The number of nitro groups is 1. The Hall–Kier alpha value is -2.28. The number of carbonyl (C=O) groups is 2. The molecule has 7 heteroatoms. The number of hydrogen-bond donors (Lipinski definition) is 2. The molecule has 0 aliphatic carbocycles. The molecule has 1 aromatic rings. The fraction of sp³-hybridized carbons (Fsp3) is 0.333. The molecule has 0 aromatic heterocycles. The minimum absolute atomic E-state index is 0.0532. The average Bonchev–Trinajstić information content (AvgIpc) is 2.68. The third-order valence-electron chi connectivity index (χ3n) is 2.92. The summed E-state index contributed by atoms with van der Waals surface area (Å²) in [6.07, 6.45) is 0.801. The van der Waals surface area contributed by atoms with Crippen LogP contribution in [0.25, 0.3) is 0 Å². The molecular weight excluding hydrogens is 250 g/mol. The summed E-state index contributed by atoms with van der Waals surface area (Å²) in [5.74, 6) is -0.563. The number of nitrogens with zero attached hydrogens (tertiary/aromatic N) is 1. The number of non-ortho nitro benzene ring substituents is 1. The normalized spacial score (nSPS) is 18.4. The second-order valence-electron chi connectivity index (χ2n) is 4.30. The fourth-order valence-corrected chi connectivity index (χ4v) is 1.89. The summed E-state index contributed by atoms with van der Waals surface area (Å²) in [7, 11) is 0. The van der Waals surface area contributed by atoms with Crippen molar-refractivity contribution in [2.45, 2.75) is 18.9 Å². The maximum absolute atomic E-state index is 11.3. The van der Waals surface area contributed by atoms with Gasteiger partial charge in [-0.1, -0.05) is 12.1 Å². The monoisotopic (exact) mass is 263 g/mol. The quantitative estimate of drug-likeness (QED) is 0.447. The van der Waals surface area contributed by atoms with Crippen molar-refractivity contribution in [3.05, 3.63) is 39.9 Å². The van der Waals surface area contributed by atoms with Gasteiger partial charge in [0, 0.05) is 12.1 Å². The molecule has 7 nitrogen and oxygen atoms in total. The van der Waals surface area contributed by atoms with Gasteiger partial charge in [-0.05, 0) is 18.5 Å². The predicted molar refractivity (Wildman–Crippen MR) is 66.4 cm³/mol. The van der Waals surface area contributed by atoms with E-state index in [1.165, 1.54) is 12.1 Å². The zero-order chi connectivity index (χ0) is 13.8. The van der Waals surface area contributed by atoms with Crippen molar-refractivity contribution in [3.8, 4) is 0 Å². The van der Waals surface area contributed by atoms with Gasteiger partial charge in [-0.15, -0.1) is 0 Å². The molecule has 1 fully saturated rings. The first-order chi connectivity index (χ1) is 9.06. The maximum atomic E-state index is 11.3. The van der Waals surface area contributed by atoms with Gasteiger partial charge >= 0.3 is 0 Å². The number of rotatable bonds is 5. The van der Waals surface area contributed by atoms with Crippen LogP contribution in [0, 0.1) is 10.1 Å². The SMILES string of the molecule is O=C1CC(NCCc2ccc([N+](=O)[O-])cc2)C(=O)N1. The molecule has 1 saturated heterocycles. The third kappa shape index (κ3) is 3.35. The van der Waals surface area contributed by atoms with Crippen molar-refractivity contribution in [1.82, 2.24) is 10.6 Å². The predicted octanol–water partition coefficient (Wildman–Crippen LogP) is 0.142. The highest BCUT2D eigenvalue weighted by Gasteiger charge is 2.29. The third-order valence-corrected chi connectivity index (χ3v) is 2.92. The van der Waals surface area contributed by atoms with E-state index in [4.69, 9.17) is 0 Å². The van der Waals surface area contributed by atoms with Crippen LogP contribution in [0.2, 0.25) is 0 Å². The largest absolute Gasteiger partial charge is 0.305 e. The van der Waals surface area contributed by atoms with Crippen LogP contribution in [0.1, 0.15) is 12.0 Å². The van der Waals surface area contributed by atoms with Crippen LogP contribution in [0.15, 0.2) is 24.3 Å². The Morgan fingerprint density at radius 1 is 1.32 bits per heavy atom. The maximum Gasteiger partial charge on any atom is 0.269 e. The Bertz CT molecular complexity index is 512. The molecule has 1 heterocycles. The second kappa shape index (κ2) is 5.57. The van der Waals surface area contributed by atoms with Gasteiger partial charge in [0.2, 0.25) is 11.8 Å². The summed E-state index contributed by atoms with van der Waals surface area (Å²) in [6, 6.07) is 5.78. The van der Waals surface area contributed by atoms with Crippen LogP contribution in [-0.2, 0) is 16.0 Å². The fourth-order valence-electron chi connectivity index (χ4n) is 1.89. The van der Waals surface area contributed by atoms with Crippen molar-refractivity contribution in [3.63, 3.8) is 0 Å². The van der Waals surface area contributed by atoms with Crippen LogP contribution < -0.4 is 10.6 Å². The molecule has 0 saturated carbocycles. The Balaban J connectivity index is 1.81. The van der Waals surface area contributed by atoms with Crippen molar-refractivity contribution in [2.75, 3.05) is 6.54 Å². The Kier molecular flexibility index (Phi) is 3.86. The highest BCUT2D eigenvalue weighted by molar-refractivity contribution is 6.05. The van der Waals surface area contributed by atoms with E-state index < -0.39 is 11.0 Å². The van der Waals surface area contributed by atoms with Crippen LogP contribution in [-0.4, -0.2) is 29.3 Å². The number of carbonyl (C=O) groups excluding carboxylic acids is 2. The number of nitro benzene ring substituents is 1. The molecule has 2 N–H and O–H groups in total. The molecule has 19 heavy (non-hydrogen) atoms. The zero-order valence-electron chi connectivity index (χ0n) is 10.1. The van der Waals surface area contributed by atoms with Gasteiger partial charge in [-0.25, -0.2) is 0 Å². The first-order valence-electron chi connectivity index (χ1n) is 5.86. The van der Waals surface area contributed by atoms with Gasteiger partial charge in [-0.2, -0.15) is 0 Å². The van der Waals surface area contributed by atoms with E-state index in [9.17, 15) is 19.7 Å². The molecule has 1 unspecified atom stereocenters. The summed E-state index contributed by atoms with van der Waals surface area (Å²) in [4.78, 5) is 32.3. The van der Waals surface area contributed by atoms with Crippen LogP contribution >= 0.6 is 0 Å². The Morgan fingerprint density at radius 2 is 2.00 bits per heavy atom. The first kappa shape index (κ1) is 13.2. The van der Waals surface area contributed by atoms with E-state index in [1.807, 2.05) is 0 Å². The Labute approximate surface area is 109 Å². The van der Waals surface area contributed by atoms with E-state index in [0.717, 1.165) is 5.56 Å². The van der Waals surface area contributed by atoms with Crippen LogP contribution in [0.3, 0.4) is 0 Å². The molecule has 1 aliphatic rings. The summed E-state index contributed by atoms with van der Waals surface area (Å²) in [6.45, 7) is 0.531. The molecule has 0 radical (unpaired) electrons. The number of hydrogen-bond acceptors (Lipinski definition) is 5. The lowest BCUT2D eigenvalue weighted by atomic mass is 10.1. The number of imide groups is 1. The molecule has 0 spiro atoms. The van der Waals surface area contributed by atoms with E-state index in [2.05, 4.69) is 10.6 Å². The molecule has 100 valence electrons. The van der Waals surface area contributed by atoms with Crippen LogP contribution in [0.4, 0.5) is 5.69 Å². The number of benzene rings is 1. The zero-order valence-corrected chi connectivity index (χ0v) is 10.1. The summed E-state index contributed by atoms with van der Waals surface area (Å²) in [5, 5.41) is 15.7. The van der Waals surface area contributed by atoms with Crippen molar-refractivity contribution < 1.29 is 14.5 Å². The minimum atomic E-state index is -0.467.